The summed E-state index contributed by atoms with van der Waals surface area (Å²) < 4.78 is 4.96. The lowest BCUT2D eigenvalue weighted by Crippen LogP contribution is -2.19. The Bertz CT molecular complexity index is 987. The summed E-state index contributed by atoms with van der Waals surface area (Å²) in [7, 11) is 0. The normalized spacial score (nSPS) is 17.1. The highest BCUT2D eigenvalue weighted by atomic mass is 16.6. The van der Waals surface area contributed by atoms with Crippen molar-refractivity contribution in [2.24, 2.45) is 5.41 Å². The number of ether oxygens (including phenoxy) is 1. The van der Waals surface area contributed by atoms with Crippen molar-refractivity contribution >= 4 is 11.9 Å². The van der Waals surface area contributed by atoms with Crippen LogP contribution in [0.3, 0.4) is 0 Å². The molecule has 0 spiro atoms. The fourth-order valence-corrected chi connectivity index (χ4v) is 5.42. The van der Waals surface area contributed by atoms with E-state index in [2.05, 4.69) is 58.9 Å². The number of aliphatic hydroxyl groups excluding tert-OH is 1. The first kappa shape index (κ1) is 37.6. The average molecular weight is 581 g/mol. The molecule has 1 atom stereocenters. The quantitative estimate of drug-likeness (QED) is 0.0388. The van der Waals surface area contributed by atoms with Gasteiger partial charge in [0.25, 0.3) is 0 Å². The van der Waals surface area contributed by atoms with Crippen molar-refractivity contribution in [3.05, 3.63) is 70.9 Å². The molecule has 1 rings (SSSR count). The number of unbranched alkanes of at least 4 members (excludes halogenated alkanes) is 8. The number of hydrogen-bond acceptors (Lipinski definition) is 4. The Labute approximate surface area is 257 Å². The Balaban J connectivity index is 2.21. The lowest BCUT2D eigenvalue weighted by atomic mass is 9.72. The van der Waals surface area contributed by atoms with E-state index in [0.29, 0.717) is 0 Å². The minimum Gasteiger partial charge on any atom is -0.393 e. The number of carbonyl (C=O) groups excluding carboxylic acids is 2. The van der Waals surface area contributed by atoms with Crippen molar-refractivity contribution in [1.82, 2.24) is 0 Å². The largest absolute Gasteiger partial charge is 0.393 e. The third kappa shape index (κ3) is 18.2. The number of carbonyl (C=O) groups is 2. The number of hydrogen-bond donors (Lipinski definition) is 1. The number of allylic oxidation sites excluding steroid dienone is 10. The molecular formula is C38H60O4. The second-order valence-corrected chi connectivity index (χ2v) is 12.7. The summed E-state index contributed by atoms with van der Waals surface area (Å²) in [5, 5.41) is 9.99. The maximum Gasteiger partial charge on any atom is 0.338 e. The van der Waals surface area contributed by atoms with Crippen LogP contribution in [0.1, 0.15) is 144 Å². The molecule has 0 aromatic heterocycles. The van der Waals surface area contributed by atoms with E-state index in [1.165, 1.54) is 55.7 Å². The molecule has 0 aromatic carbocycles. The molecule has 1 N–H and O–H groups in total. The highest BCUT2D eigenvalue weighted by molar-refractivity contribution is 5.92. The van der Waals surface area contributed by atoms with Crippen molar-refractivity contribution in [2.45, 2.75) is 150 Å². The van der Waals surface area contributed by atoms with Gasteiger partial charge in [0, 0.05) is 12.5 Å². The van der Waals surface area contributed by atoms with Crippen LogP contribution in [0.5, 0.6) is 0 Å². The molecule has 4 heteroatoms. The van der Waals surface area contributed by atoms with Gasteiger partial charge >= 0.3 is 11.9 Å². The van der Waals surface area contributed by atoms with Crippen LogP contribution in [-0.4, -0.2) is 23.1 Å². The van der Waals surface area contributed by atoms with Crippen LogP contribution in [0, 0.1) is 5.41 Å². The number of rotatable bonds is 20. The van der Waals surface area contributed by atoms with Gasteiger partial charge in [-0.1, -0.05) is 119 Å². The predicted molar refractivity (Wildman–Crippen MR) is 178 cm³/mol. The zero-order valence-electron chi connectivity index (χ0n) is 27.7. The highest BCUT2D eigenvalue weighted by Gasteiger charge is 2.26. The van der Waals surface area contributed by atoms with Crippen molar-refractivity contribution in [3.63, 3.8) is 0 Å². The van der Waals surface area contributed by atoms with Crippen LogP contribution >= 0.6 is 0 Å². The lowest BCUT2D eigenvalue weighted by molar-refractivity contribution is -0.156. The van der Waals surface area contributed by atoms with Crippen molar-refractivity contribution in [3.8, 4) is 0 Å². The standard InChI is InChI=1S/C38H60O4/c1-7-8-9-16-24-34(39)25-17-14-12-10-11-13-15-18-26-36(40)42-37(41)30-32(3)22-19-21-31(2)27-28-35-33(4)23-20-29-38(35,5)6/h14,17,19,21-22,27-28,30,34,39H,7-13,15-16,18,20,23-26,29H2,1-6H3/b17-14-,22-19+,28-27+,31-21+,32-30+/t34-/m1/s1. The molecule has 4 nitrogen and oxygen atoms in total. The number of esters is 2. The first-order valence-electron chi connectivity index (χ1n) is 16.5. The Morgan fingerprint density at radius 3 is 2.40 bits per heavy atom. The number of aliphatic hydroxyl groups is 1. The van der Waals surface area contributed by atoms with Crippen LogP contribution in [0.4, 0.5) is 0 Å². The Kier molecular flexibility index (Phi) is 19.8. The molecule has 1 aliphatic rings. The molecule has 0 unspecified atom stereocenters. The molecule has 0 aromatic rings. The summed E-state index contributed by atoms with van der Waals surface area (Å²) in [5.41, 5.74) is 5.03. The third-order valence-electron chi connectivity index (χ3n) is 8.05. The Morgan fingerprint density at radius 1 is 0.952 bits per heavy atom. The molecule has 0 fully saturated rings. The summed E-state index contributed by atoms with van der Waals surface area (Å²) in [5.74, 6) is -1.07. The SMILES string of the molecule is CCCCCC[C@@H](O)C/C=C\CCCCCCCC(=O)OC(=O)/C=C(C)/C=C/C=C(C)/C=C/C1=C(C)CCCC1(C)C. The van der Waals surface area contributed by atoms with Crippen molar-refractivity contribution in [1.29, 1.82) is 0 Å². The van der Waals surface area contributed by atoms with Crippen LogP contribution in [-0.2, 0) is 14.3 Å². The van der Waals surface area contributed by atoms with Crippen LogP contribution in [0.15, 0.2) is 70.9 Å². The minimum atomic E-state index is -0.609. The van der Waals surface area contributed by atoms with E-state index < -0.39 is 11.9 Å². The highest BCUT2D eigenvalue weighted by Crippen LogP contribution is 2.40. The second kappa shape index (κ2) is 22.1. The second-order valence-electron chi connectivity index (χ2n) is 12.7. The first-order chi connectivity index (χ1) is 20.0. The van der Waals surface area contributed by atoms with Gasteiger partial charge in [-0.05, 0) is 88.7 Å². The van der Waals surface area contributed by atoms with Gasteiger partial charge in [-0.25, -0.2) is 4.79 Å². The van der Waals surface area contributed by atoms with Gasteiger partial charge in [-0.2, -0.15) is 0 Å². The fourth-order valence-electron chi connectivity index (χ4n) is 5.42. The molecule has 0 saturated carbocycles. The molecule has 0 radical (unpaired) electrons. The summed E-state index contributed by atoms with van der Waals surface area (Å²) >= 11 is 0. The summed E-state index contributed by atoms with van der Waals surface area (Å²) in [6, 6.07) is 0. The van der Waals surface area contributed by atoms with Crippen molar-refractivity contribution < 1.29 is 19.4 Å². The summed E-state index contributed by atoms with van der Waals surface area (Å²) in [4.78, 5) is 24.1. The van der Waals surface area contributed by atoms with E-state index in [-0.39, 0.29) is 17.9 Å². The van der Waals surface area contributed by atoms with Gasteiger partial charge in [-0.3, -0.25) is 4.79 Å². The van der Waals surface area contributed by atoms with E-state index >= 15 is 0 Å². The molecule has 236 valence electrons. The van der Waals surface area contributed by atoms with E-state index in [1.54, 1.807) is 0 Å². The molecule has 42 heavy (non-hydrogen) atoms. The van der Waals surface area contributed by atoms with Gasteiger partial charge in [0.05, 0.1) is 6.10 Å². The minimum absolute atomic E-state index is 0.207. The predicted octanol–water partition coefficient (Wildman–Crippen LogP) is 10.6. The molecule has 0 aliphatic heterocycles. The summed E-state index contributed by atoms with van der Waals surface area (Å²) in [6.07, 6.45) is 32.1. The van der Waals surface area contributed by atoms with E-state index in [9.17, 15) is 14.7 Å². The van der Waals surface area contributed by atoms with Gasteiger partial charge in [0.1, 0.15) is 0 Å². The third-order valence-corrected chi connectivity index (χ3v) is 8.05. The molecule has 0 heterocycles. The average Bonchev–Trinajstić information content (AvgIpc) is 2.91. The fraction of sp³-hybridized carbons (Fsp3) is 0.632. The Hall–Kier alpha value is -2.46. The van der Waals surface area contributed by atoms with Crippen LogP contribution in [0.25, 0.3) is 0 Å². The summed E-state index contributed by atoms with van der Waals surface area (Å²) in [6.45, 7) is 13.0. The molecular weight excluding hydrogens is 520 g/mol. The van der Waals surface area contributed by atoms with Crippen molar-refractivity contribution in [2.75, 3.05) is 0 Å². The van der Waals surface area contributed by atoms with E-state index in [0.717, 1.165) is 68.9 Å². The molecule has 0 amide bonds. The lowest BCUT2D eigenvalue weighted by Gasteiger charge is -2.32. The monoisotopic (exact) mass is 580 g/mol. The van der Waals surface area contributed by atoms with Crippen LogP contribution in [0.2, 0.25) is 0 Å². The maximum absolute atomic E-state index is 12.1. The molecule has 0 saturated heterocycles. The topological polar surface area (TPSA) is 63.6 Å². The molecule has 0 bridgehead atoms. The van der Waals surface area contributed by atoms with E-state index in [1.807, 2.05) is 25.2 Å². The van der Waals surface area contributed by atoms with E-state index in [4.69, 9.17) is 4.74 Å². The first-order valence-corrected chi connectivity index (χ1v) is 16.5. The Morgan fingerprint density at radius 2 is 1.67 bits per heavy atom. The van der Waals surface area contributed by atoms with Gasteiger partial charge in [0.2, 0.25) is 0 Å². The maximum atomic E-state index is 12.1. The molecule has 1 aliphatic carbocycles. The zero-order chi connectivity index (χ0) is 31.2. The van der Waals surface area contributed by atoms with Gasteiger partial charge in [-0.15, -0.1) is 0 Å². The van der Waals surface area contributed by atoms with Crippen LogP contribution < -0.4 is 0 Å². The van der Waals surface area contributed by atoms with Gasteiger partial charge in [0.15, 0.2) is 0 Å². The smallest absolute Gasteiger partial charge is 0.338 e. The van der Waals surface area contributed by atoms with Gasteiger partial charge < -0.3 is 9.84 Å². The zero-order valence-corrected chi connectivity index (χ0v) is 27.7.